The zero-order valence-electron chi connectivity index (χ0n) is 16.6. The third kappa shape index (κ3) is 3.39. The zero-order valence-corrected chi connectivity index (χ0v) is 16.6. The van der Waals surface area contributed by atoms with Gasteiger partial charge in [-0.2, -0.15) is 0 Å². The molecule has 26 heavy (non-hydrogen) atoms. The van der Waals surface area contributed by atoms with Gasteiger partial charge < -0.3 is 19.9 Å². The van der Waals surface area contributed by atoms with Gasteiger partial charge in [-0.05, 0) is 31.5 Å². The summed E-state index contributed by atoms with van der Waals surface area (Å²) in [5, 5.41) is 3.38. The molecule has 2 aliphatic rings. The molecular formula is C20H31FN4O. The lowest BCUT2D eigenvalue weighted by atomic mass is 9.65. The number of nitrogens with one attached hydrogen (secondary N) is 1. The van der Waals surface area contributed by atoms with Crippen LogP contribution in [0.3, 0.4) is 0 Å². The molecule has 2 fully saturated rings. The van der Waals surface area contributed by atoms with Gasteiger partial charge in [-0.1, -0.05) is 19.9 Å². The summed E-state index contributed by atoms with van der Waals surface area (Å²) < 4.78 is 19.9. The molecular weight excluding hydrogens is 331 g/mol. The van der Waals surface area contributed by atoms with E-state index in [4.69, 9.17) is 4.74 Å². The Kier molecular flexibility index (Phi) is 5.15. The minimum absolute atomic E-state index is 0.0419. The van der Waals surface area contributed by atoms with Crippen LogP contribution in [-0.4, -0.2) is 56.3 Å². The highest BCUT2D eigenvalue weighted by molar-refractivity contribution is 5.82. The fourth-order valence-electron chi connectivity index (χ4n) is 3.60. The molecule has 0 spiro atoms. The minimum atomic E-state index is -0.174. The van der Waals surface area contributed by atoms with Crippen LogP contribution in [0.4, 0.5) is 10.1 Å². The Morgan fingerprint density at radius 2 is 1.92 bits per heavy atom. The van der Waals surface area contributed by atoms with E-state index in [-0.39, 0.29) is 16.8 Å². The Bertz CT molecular complexity index is 680. The highest BCUT2D eigenvalue weighted by Crippen LogP contribution is 2.46. The molecule has 144 valence electrons. The van der Waals surface area contributed by atoms with Crippen LogP contribution in [0, 0.1) is 11.2 Å². The third-order valence-corrected chi connectivity index (χ3v) is 6.17. The summed E-state index contributed by atoms with van der Waals surface area (Å²) in [6, 6.07) is 5.48. The fourth-order valence-corrected chi connectivity index (χ4v) is 3.60. The van der Waals surface area contributed by atoms with E-state index in [1.54, 1.807) is 13.1 Å². The molecule has 0 radical (unpaired) electrons. The second-order valence-corrected chi connectivity index (χ2v) is 8.31. The lowest BCUT2D eigenvalue weighted by Crippen LogP contribution is -2.72. The molecule has 0 aromatic heterocycles. The topological polar surface area (TPSA) is 40.1 Å². The summed E-state index contributed by atoms with van der Waals surface area (Å²) in [6.07, 6.45) is 0. The van der Waals surface area contributed by atoms with E-state index in [2.05, 4.69) is 42.9 Å². The molecule has 2 saturated heterocycles. The number of anilines is 1. The van der Waals surface area contributed by atoms with Crippen molar-refractivity contribution in [3.8, 4) is 0 Å². The second-order valence-electron chi connectivity index (χ2n) is 8.31. The second kappa shape index (κ2) is 7.06. The number of likely N-dealkylation sites (tertiary alicyclic amines) is 1. The summed E-state index contributed by atoms with van der Waals surface area (Å²) in [7, 11) is 1.80. The van der Waals surface area contributed by atoms with Crippen LogP contribution < -0.4 is 10.2 Å². The van der Waals surface area contributed by atoms with Gasteiger partial charge in [-0.25, -0.2) is 4.39 Å². The maximum atomic E-state index is 14.6. The first kappa shape index (κ1) is 19.0. The van der Waals surface area contributed by atoms with Crippen LogP contribution in [0.5, 0.6) is 0 Å². The first-order valence-electron chi connectivity index (χ1n) is 9.36. The molecule has 0 bridgehead atoms. The predicted molar refractivity (Wildman–Crippen MR) is 104 cm³/mol. The fraction of sp³-hybridized carbons (Fsp3) is 0.650. The largest absolute Gasteiger partial charge is 0.378 e. The van der Waals surface area contributed by atoms with Crippen LogP contribution in [0.15, 0.2) is 23.2 Å². The van der Waals surface area contributed by atoms with Gasteiger partial charge in [0.05, 0.1) is 18.9 Å². The summed E-state index contributed by atoms with van der Waals surface area (Å²) in [5.74, 6) is 0.693. The standard InChI is InChI=1S/C20H31FN4O/c1-19(2)14-25(20(19,3)4)18(22-5)23-13-15-6-7-17(16(21)12-15)24-8-10-26-11-9-24/h6-7,12H,8-11,13-14H2,1-5H3,(H,22,23). The first-order valence-corrected chi connectivity index (χ1v) is 9.36. The monoisotopic (exact) mass is 362 g/mol. The number of nitrogens with zero attached hydrogens (tertiary/aromatic N) is 3. The van der Waals surface area contributed by atoms with E-state index in [1.807, 2.05) is 17.0 Å². The molecule has 1 aromatic rings. The van der Waals surface area contributed by atoms with Crippen LogP contribution in [0.2, 0.25) is 0 Å². The molecule has 2 heterocycles. The van der Waals surface area contributed by atoms with Crippen LogP contribution in [0.1, 0.15) is 33.3 Å². The number of ether oxygens (including phenoxy) is 1. The predicted octanol–water partition coefficient (Wildman–Crippen LogP) is 2.86. The van der Waals surface area contributed by atoms with E-state index in [0.717, 1.165) is 31.2 Å². The van der Waals surface area contributed by atoms with Crippen molar-refractivity contribution in [1.82, 2.24) is 10.2 Å². The van der Waals surface area contributed by atoms with E-state index < -0.39 is 0 Å². The van der Waals surface area contributed by atoms with Gasteiger partial charge in [-0.3, -0.25) is 4.99 Å². The van der Waals surface area contributed by atoms with Crippen molar-refractivity contribution in [3.63, 3.8) is 0 Å². The van der Waals surface area contributed by atoms with E-state index in [1.165, 1.54) is 0 Å². The van der Waals surface area contributed by atoms with Gasteiger partial charge in [0.2, 0.25) is 0 Å². The van der Waals surface area contributed by atoms with Crippen LogP contribution in [0.25, 0.3) is 0 Å². The van der Waals surface area contributed by atoms with Gasteiger partial charge in [0.1, 0.15) is 5.82 Å². The number of rotatable bonds is 3. The number of hydrogen-bond donors (Lipinski definition) is 1. The summed E-state index contributed by atoms with van der Waals surface area (Å²) in [4.78, 5) is 8.74. The Hall–Kier alpha value is -1.82. The normalized spacial score (nSPS) is 22.2. The molecule has 0 amide bonds. The summed E-state index contributed by atoms with van der Waals surface area (Å²) in [5.41, 5.74) is 1.86. The van der Waals surface area contributed by atoms with Crippen molar-refractivity contribution in [2.24, 2.45) is 10.4 Å². The highest BCUT2D eigenvalue weighted by atomic mass is 19.1. The molecule has 0 aliphatic carbocycles. The van der Waals surface area contributed by atoms with Crippen LogP contribution in [-0.2, 0) is 11.3 Å². The van der Waals surface area contributed by atoms with Crippen molar-refractivity contribution in [3.05, 3.63) is 29.6 Å². The minimum Gasteiger partial charge on any atom is -0.378 e. The maximum Gasteiger partial charge on any atom is 0.194 e. The lowest BCUT2D eigenvalue weighted by Gasteiger charge is -2.62. The molecule has 3 rings (SSSR count). The van der Waals surface area contributed by atoms with E-state index in [0.29, 0.717) is 25.4 Å². The smallest absolute Gasteiger partial charge is 0.194 e. The quantitative estimate of drug-likeness (QED) is 0.663. The molecule has 1 aromatic carbocycles. The van der Waals surface area contributed by atoms with E-state index >= 15 is 0 Å². The number of hydrogen-bond acceptors (Lipinski definition) is 3. The SMILES string of the molecule is CN=C(NCc1ccc(N2CCOCC2)c(F)c1)N1CC(C)(C)C1(C)C. The number of guanidine groups is 1. The van der Waals surface area contributed by atoms with Crippen molar-refractivity contribution in [1.29, 1.82) is 0 Å². The number of morpholine rings is 1. The van der Waals surface area contributed by atoms with Gasteiger partial charge in [0, 0.05) is 44.2 Å². The first-order chi connectivity index (χ1) is 12.3. The van der Waals surface area contributed by atoms with Crippen molar-refractivity contribution >= 4 is 11.6 Å². The van der Waals surface area contributed by atoms with Crippen molar-refractivity contribution < 1.29 is 9.13 Å². The van der Waals surface area contributed by atoms with Crippen LogP contribution >= 0.6 is 0 Å². The Labute approximate surface area is 156 Å². The number of aliphatic imine (C=N–C) groups is 1. The highest BCUT2D eigenvalue weighted by Gasteiger charge is 2.53. The summed E-state index contributed by atoms with van der Waals surface area (Å²) >= 11 is 0. The average molecular weight is 362 g/mol. The number of benzene rings is 1. The van der Waals surface area contributed by atoms with Gasteiger partial charge in [0.25, 0.3) is 0 Å². The molecule has 0 atom stereocenters. The Morgan fingerprint density at radius 3 is 2.46 bits per heavy atom. The zero-order chi connectivity index (χ0) is 18.9. The molecule has 5 nitrogen and oxygen atoms in total. The lowest BCUT2D eigenvalue weighted by molar-refractivity contribution is -0.0667. The molecule has 0 saturated carbocycles. The summed E-state index contributed by atoms with van der Waals surface area (Å²) in [6.45, 7) is 13.3. The average Bonchev–Trinajstić information content (AvgIpc) is 2.62. The third-order valence-electron chi connectivity index (χ3n) is 6.17. The molecule has 0 unspecified atom stereocenters. The van der Waals surface area contributed by atoms with Gasteiger partial charge in [0.15, 0.2) is 5.96 Å². The van der Waals surface area contributed by atoms with Crippen molar-refractivity contribution in [2.75, 3.05) is 44.8 Å². The molecule has 2 aliphatic heterocycles. The number of halogens is 1. The maximum absolute atomic E-state index is 14.6. The Balaban J connectivity index is 1.63. The van der Waals surface area contributed by atoms with Crippen molar-refractivity contribution in [2.45, 2.75) is 39.8 Å². The Morgan fingerprint density at radius 1 is 1.23 bits per heavy atom. The van der Waals surface area contributed by atoms with Gasteiger partial charge in [-0.15, -0.1) is 0 Å². The molecule has 6 heteroatoms. The molecule has 1 N–H and O–H groups in total. The van der Waals surface area contributed by atoms with E-state index in [9.17, 15) is 4.39 Å². The van der Waals surface area contributed by atoms with Gasteiger partial charge >= 0.3 is 0 Å².